The van der Waals surface area contributed by atoms with E-state index in [0.29, 0.717) is 13.2 Å². The second kappa shape index (κ2) is 5.73. The molecule has 0 aliphatic carbocycles. The fourth-order valence-corrected chi connectivity index (χ4v) is 1.85. The van der Waals surface area contributed by atoms with Gasteiger partial charge in [0.15, 0.2) is 0 Å². The van der Waals surface area contributed by atoms with E-state index in [1.54, 1.807) is 12.5 Å². The fraction of sp³-hybridized carbons (Fsp3) is 0.429. The molecule has 2 heterocycles. The molecule has 0 radical (unpaired) electrons. The van der Waals surface area contributed by atoms with E-state index in [-0.39, 0.29) is 0 Å². The van der Waals surface area contributed by atoms with E-state index < -0.39 is 0 Å². The van der Waals surface area contributed by atoms with Gasteiger partial charge < -0.3 is 13.6 Å². The van der Waals surface area contributed by atoms with Crippen LogP contribution in [0.4, 0.5) is 0 Å². The Kier molecular flexibility index (Phi) is 4.04. The van der Waals surface area contributed by atoms with E-state index in [1.165, 1.54) is 11.1 Å². The Hall–Kier alpha value is -1.48. The minimum absolute atomic E-state index is 0.500. The van der Waals surface area contributed by atoms with Crippen molar-refractivity contribution >= 4 is 0 Å². The van der Waals surface area contributed by atoms with Crippen LogP contribution in [0.5, 0.6) is 0 Å². The highest BCUT2D eigenvalue weighted by molar-refractivity contribution is 5.17. The molecular weight excluding hydrogens is 216 g/mol. The molecule has 0 atom stereocenters. The smallest absolute Gasteiger partial charge is 0.132 e. The molecule has 0 saturated carbocycles. The first kappa shape index (κ1) is 12.0. The number of hydrogen-bond acceptors (Lipinski definition) is 3. The lowest BCUT2D eigenvalue weighted by Crippen LogP contribution is -1.96. The number of ether oxygens (including phenoxy) is 1. The third kappa shape index (κ3) is 2.80. The molecule has 0 aliphatic rings. The first-order valence-corrected chi connectivity index (χ1v) is 6.03. The molecule has 2 rings (SSSR count). The Labute approximate surface area is 101 Å². The Morgan fingerprint density at radius 1 is 0.882 bits per heavy atom. The van der Waals surface area contributed by atoms with Crippen molar-refractivity contribution in [1.29, 1.82) is 0 Å². The normalized spacial score (nSPS) is 10.9. The van der Waals surface area contributed by atoms with Crippen LogP contribution < -0.4 is 0 Å². The molecule has 92 valence electrons. The summed E-state index contributed by atoms with van der Waals surface area (Å²) in [6.07, 6.45) is 5.36. The van der Waals surface area contributed by atoms with Crippen molar-refractivity contribution in [2.24, 2.45) is 0 Å². The van der Waals surface area contributed by atoms with Gasteiger partial charge in [0.2, 0.25) is 0 Å². The van der Waals surface area contributed by atoms with Crippen LogP contribution in [0.2, 0.25) is 0 Å². The standard InChI is InChI=1S/C14H18O3/c1-3-11-5-7-16-13(11)9-15-10-14-12(4-2)6-8-17-14/h5-8H,3-4,9-10H2,1-2H3. The van der Waals surface area contributed by atoms with E-state index >= 15 is 0 Å². The van der Waals surface area contributed by atoms with Crippen LogP contribution in [-0.4, -0.2) is 0 Å². The zero-order chi connectivity index (χ0) is 12.1. The third-order valence-corrected chi connectivity index (χ3v) is 2.90. The minimum Gasteiger partial charge on any atom is -0.467 e. The van der Waals surface area contributed by atoms with Crippen molar-refractivity contribution in [1.82, 2.24) is 0 Å². The van der Waals surface area contributed by atoms with Gasteiger partial charge in [-0.2, -0.15) is 0 Å². The van der Waals surface area contributed by atoms with Crippen molar-refractivity contribution in [2.45, 2.75) is 39.9 Å². The van der Waals surface area contributed by atoms with E-state index in [9.17, 15) is 0 Å². The van der Waals surface area contributed by atoms with Crippen LogP contribution in [0.3, 0.4) is 0 Å². The van der Waals surface area contributed by atoms with Crippen LogP contribution in [-0.2, 0) is 30.8 Å². The van der Waals surface area contributed by atoms with Crippen molar-refractivity contribution in [3.8, 4) is 0 Å². The third-order valence-electron chi connectivity index (χ3n) is 2.90. The predicted molar refractivity (Wildman–Crippen MR) is 64.7 cm³/mol. The number of furan rings is 2. The predicted octanol–water partition coefficient (Wildman–Crippen LogP) is 3.71. The second-order valence-corrected chi connectivity index (χ2v) is 3.94. The average molecular weight is 234 g/mol. The molecule has 0 saturated heterocycles. The molecule has 2 aromatic rings. The SMILES string of the molecule is CCc1ccoc1COCc1occc1CC. The summed E-state index contributed by atoms with van der Waals surface area (Å²) in [5, 5.41) is 0. The van der Waals surface area contributed by atoms with Gasteiger partial charge in [0, 0.05) is 0 Å². The van der Waals surface area contributed by atoms with Crippen LogP contribution in [0, 0.1) is 0 Å². The van der Waals surface area contributed by atoms with Gasteiger partial charge in [-0.25, -0.2) is 0 Å². The van der Waals surface area contributed by atoms with Gasteiger partial charge in [-0.1, -0.05) is 13.8 Å². The highest BCUT2D eigenvalue weighted by atomic mass is 16.5. The van der Waals surface area contributed by atoms with E-state index in [1.807, 2.05) is 12.1 Å². The van der Waals surface area contributed by atoms with Gasteiger partial charge in [-0.15, -0.1) is 0 Å². The topological polar surface area (TPSA) is 35.5 Å². The van der Waals surface area contributed by atoms with Gasteiger partial charge in [-0.3, -0.25) is 0 Å². The minimum atomic E-state index is 0.500. The summed E-state index contributed by atoms with van der Waals surface area (Å²) >= 11 is 0. The van der Waals surface area contributed by atoms with Crippen LogP contribution in [0.25, 0.3) is 0 Å². The Balaban J connectivity index is 1.87. The molecule has 3 heteroatoms. The van der Waals surface area contributed by atoms with Crippen LogP contribution in [0.1, 0.15) is 36.5 Å². The molecule has 0 amide bonds. The summed E-state index contributed by atoms with van der Waals surface area (Å²) in [6.45, 7) is 5.21. The maximum absolute atomic E-state index is 5.62. The lowest BCUT2D eigenvalue weighted by molar-refractivity contribution is 0.0791. The number of aryl methyl sites for hydroxylation is 2. The zero-order valence-corrected chi connectivity index (χ0v) is 10.4. The molecule has 0 N–H and O–H groups in total. The largest absolute Gasteiger partial charge is 0.467 e. The van der Waals surface area contributed by atoms with Gasteiger partial charge in [-0.05, 0) is 36.1 Å². The summed E-state index contributed by atoms with van der Waals surface area (Å²) in [5.41, 5.74) is 2.42. The molecule has 3 nitrogen and oxygen atoms in total. The van der Waals surface area contributed by atoms with E-state index in [4.69, 9.17) is 13.6 Å². The molecule has 0 aliphatic heterocycles. The Bertz CT molecular complexity index is 411. The Morgan fingerprint density at radius 2 is 1.35 bits per heavy atom. The summed E-state index contributed by atoms with van der Waals surface area (Å²) in [5.74, 6) is 1.83. The van der Waals surface area contributed by atoms with Crippen molar-refractivity contribution in [3.05, 3.63) is 47.3 Å². The average Bonchev–Trinajstić information content (AvgIpc) is 2.97. The summed E-state index contributed by atoms with van der Waals surface area (Å²) in [7, 11) is 0. The molecule has 0 fully saturated rings. The molecule has 17 heavy (non-hydrogen) atoms. The lowest BCUT2D eigenvalue weighted by atomic mass is 10.2. The van der Waals surface area contributed by atoms with E-state index in [2.05, 4.69) is 13.8 Å². The molecule has 2 aromatic heterocycles. The number of rotatable bonds is 6. The summed E-state index contributed by atoms with van der Waals surface area (Å²) in [6, 6.07) is 3.98. The fourth-order valence-electron chi connectivity index (χ4n) is 1.85. The highest BCUT2D eigenvalue weighted by Crippen LogP contribution is 2.16. The first-order chi connectivity index (χ1) is 8.35. The maximum Gasteiger partial charge on any atom is 0.132 e. The second-order valence-electron chi connectivity index (χ2n) is 3.94. The maximum atomic E-state index is 5.62. The van der Waals surface area contributed by atoms with Crippen molar-refractivity contribution in [3.63, 3.8) is 0 Å². The van der Waals surface area contributed by atoms with Gasteiger partial charge in [0.1, 0.15) is 24.7 Å². The van der Waals surface area contributed by atoms with Crippen molar-refractivity contribution in [2.75, 3.05) is 0 Å². The zero-order valence-electron chi connectivity index (χ0n) is 10.4. The number of hydrogen-bond donors (Lipinski definition) is 0. The molecule has 0 bridgehead atoms. The van der Waals surface area contributed by atoms with Crippen molar-refractivity contribution < 1.29 is 13.6 Å². The van der Waals surface area contributed by atoms with Gasteiger partial charge in [0.05, 0.1) is 12.5 Å². The van der Waals surface area contributed by atoms with Crippen LogP contribution >= 0.6 is 0 Å². The highest BCUT2D eigenvalue weighted by Gasteiger charge is 2.07. The quantitative estimate of drug-likeness (QED) is 0.764. The molecule has 0 aromatic carbocycles. The lowest BCUT2D eigenvalue weighted by Gasteiger charge is -2.03. The molecular formula is C14H18O3. The Morgan fingerprint density at radius 3 is 1.76 bits per heavy atom. The molecule has 0 spiro atoms. The summed E-state index contributed by atoms with van der Waals surface area (Å²) in [4.78, 5) is 0. The van der Waals surface area contributed by atoms with Gasteiger partial charge in [0.25, 0.3) is 0 Å². The van der Waals surface area contributed by atoms with E-state index in [0.717, 1.165) is 24.4 Å². The van der Waals surface area contributed by atoms with Crippen LogP contribution in [0.15, 0.2) is 33.5 Å². The summed E-state index contributed by atoms with van der Waals surface area (Å²) < 4.78 is 16.4. The molecule has 0 unspecified atom stereocenters. The monoisotopic (exact) mass is 234 g/mol. The first-order valence-electron chi connectivity index (χ1n) is 6.03. The van der Waals surface area contributed by atoms with Gasteiger partial charge >= 0.3 is 0 Å².